The molecule has 0 N–H and O–H groups in total. The average Bonchev–Trinajstić information content (AvgIpc) is 3.17. The molecular formula is C14H14F2N2S. The zero-order chi connectivity index (χ0) is 13.2. The Morgan fingerprint density at radius 1 is 1.26 bits per heavy atom. The molecule has 0 atom stereocenters. The zero-order valence-electron chi connectivity index (χ0n) is 10.3. The monoisotopic (exact) mass is 280 g/mol. The molecule has 0 radical (unpaired) electrons. The standard InChI is InChI=1S/C14H14F2N2S/c15-14(16)13-12(8-18(17-13)11-6-7-11)19-9-10-4-2-1-3-5-10/h1-5,8,11,14H,6-7,9H2. The number of aromatic nitrogens is 2. The normalized spacial score (nSPS) is 15.1. The molecule has 1 fully saturated rings. The first-order chi connectivity index (χ1) is 9.24. The molecule has 0 bridgehead atoms. The minimum absolute atomic E-state index is 0.0761. The van der Waals surface area contributed by atoms with Crippen molar-refractivity contribution in [2.75, 3.05) is 0 Å². The van der Waals surface area contributed by atoms with Gasteiger partial charge in [0, 0.05) is 11.9 Å². The summed E-state index contributed by atoms with van der Waals surface area (Å²) in [6, 6.07) is 10.2. The second kappa shape index (κ2) is 5.33. The maximum Gasteiger partial charge on any atom is 0.283 e. The van der Waals surface area contributed by atoms with Crippen LogP contribution >= 0.6 is 11.8 Å². The van der Waals surface area contributed by atoms with Crippen molar-refractivity contribution in [1.82, 2.24) is 9.78 Å². The molecule has 1 aromatic carbocycles. The Kier molecular flexibility index (Phi) is 3.55. The summed E-state index contributed by atoms with van der Waals surface area (Å²) in [4.78, 5) is 0.603. The number of alkyl halides is 2. The van der Waals surface area contributed by atoms with Gasteiger partial charge in [0.2, 0.25) is 0 Å². The summed E-state index contributed by atoms with van der Waals surface area (Å²) in [6.07, 6.45) is 1.37. The van der Waals surface area contributed by atoms with E-state index in [1.54, 1.807) is 10.9 Å². The lowest BCUT2D eigenvalue weighted by Crippen LogP contribution is -1.95. The Morgan fingerprint density at radius 3 is 2.63 bits per heavy atom. The van der Waals surface area contributed by atoms with E-state index < -0.39 is 6.43 Å². The van der Waals surface area contributed by atoms with Crippen LogP contribution in [0, 0.1) is 0 Å². The first kappa shape index (κ1) is 12.7. The smallest absolute Gasteiger partial charge is 0.268 e. The molecule has 1 aliphatic rings. The van der Waals surface area contributed by atoms with E-state index in [-0.39, 0.29) is 5.69 Å². The quantitative estimate of drug-likeness (QED) is 0.753. The largest absolute Gasteiger partial charge is 0.283 e. The molecule has 0 aliphatic heterocycles. The average molecular weight is 280 g/mol. The SMILES string of the molecule is FC(F)c1nn(C2CC2)cc1SCc1ccccc1. The van der Waals surface area contributed by atoms with E-state index in [0.29, 0.717) is 16.7 Å². The molecule has 0 amide bonds. The summed E-state index contributed by atoms with van der Waals surface area (Å²) in [5.41, 5.74) is 1.06. The first-order valence-corrected chi connectivity index (χ1v) is 7.26. The minimum Gasteiger partial charge on any atom is -0.268 e. The third kappa shape index (κ3) is 2.97. The van der Waals surface area contributed by atoms with Crippen LogP contribution in [0.15, 0.2) is 41.4 Å². The van der Waals surface area contributed by atoms with Crippen molar-refractivity contribution in [3.05, 3.63) is 47.8 Å². The van der Waals surface area contributed by atoms with Crippen LogP contribution in [0.3, 0.4) is 0 Å². The lowest BCUT2D eigenvalue weighted by molar-refractivity contribution is 0.142. The highest BCUT2D eigenvalue weighted by molar-refractivity contribution is 7.98. The molecule has 1 saturated carbocycles. The van der Waals surface area contributed by atoms with Gasteiger partial charge in [-0.2, -0.15) is 5.10 Å². The molecule has 0 unspecified atom stereocenters. The molecule has 0 spiro atoms. The van der Waals surface area contributed by atoms with Crippen LogP contribution in [0.4, 0.5) is 8.78 Å². The van der Waals surface area contributed by atoms with Crippen LogP contribution in [0.2, 0.25) is 0 Å². The fraction of sp³-hybridized carbons (Fsp3) is 0.357. The number of hydrogen-bond donors (Lipinski definition) is 0. The Bertz CT molecular complexity index is 550. The molecule has 1 aliphatic carbocycles. The molecule has 2 aromatic rings. The summed E-state index contributed by atoms with van der Waals surface area (Å²) < 4.78 is 27.6. The third-order valence-corrected chi connectivity index (χ3v) is 4.19. The van der Waals surface area contributed by atoms with Crippen LogP contribution in [0.5, 0.6) is 0 Å². The Balaban J connectivity index is 1.75. The molecule has 1 aromatic heterocycles. The van der Waals surface area contributed by atoms with E-state index in [1.165, 1.54) is 11.8 Å². The number of rotatable bonds is 5. The van der Waals surface area contributed by atoms with Gasteiger partial charge in [0.25, 0.3) is 6.43 Å². The van der Waals surface area contributed by atoms with Gasteiger partial charge in [-0.25, -0.2) is 8.78 Å². The molecule has 3 rings (SSSR count). The van der Waals surface area contributed by atoms with Gasteiger partial charge in [-0.05, 0) is 18.4 Å². The minimum atomic E-state index is -2.50. The highest BCUT2D eigenvalue weighted by Crippen LogP contribution is 2.38. The molecule has 1 heterocycles. The Hall–Kier alpha value is -1.36. The lowest BCUT2D eigenvalue weighted by atomic mass is 10.2. The summed E-state index contributed by atoms with van der Waals surface area (Å²) in [6.45, 7) is 0. The van der Waals surface area contributed by atoms with Crippen LogP contribution in [-0.4, -0.2) is 9.78 Å². The number of thioether (sulfide) groups is 1. The van der Waals surface area contributed by atoms with E-state index in [1.807, 2.05) is 30.3 Å². The third-order valence-electron chi connectivity index (χ3n) is 3.09. The Labute approximate surface area is 114 Å². The van der Waals surface area contributed by atoms with Gasteiger partial charge in [-0.3, -0.25) is 4.68 Å². The van der Waals surface area contributed by atoms with Gasteiger partial charge in [0.05, 0.1) is 10.9 Å². The summed E-state index contributed by atoms with van der Waals surface area (Å²) >= 11 is 1.43. The van der Waals surface area contributed by atoms with Gasteiger partial charge < -0.3 is 0 Å². The lowest BCUT2D eigenvalue weighted by Gasteiger charge is -2.01. The molecule has 5 heteroatoms. The highest BCUT2D eigenvalue weighted by Gasteiger charge is 2.28. The van der Waals surface area contributed by atoms with Gasteiger partial charge in [-0.1, -0.05) is 30.3 Å². The maximum absolute atomic E-state index is 13.0. The zero-order valence-corrected chi connectivity index (χ0v) is 11.1. The molecule has 2 nitrogen and oxygen atoms in total. The number of hydrogen-bond acceptors (Lipinski definition) is 2. The molecule has 0 saturated heterocycles. The van der Waals surface area contributed by atoms with Crippen molar-refractivity contribution >= 4 is 11.8 Å². The molecule has 19 heavy (non-hydrogen) atoms. The van der Waals surface area contributed by atoms with Crippen LogP contribution in [0.25, 0.3) is 0 Å². The van der Waals surface area contributed by atoms with Crippen molar-refractivity contribution in [3.63, 3.8) is 0 Å². The van der Waals surface area contributed by atoms with Crippen molar-refractivity contribution in [2.45, 2.75) is 36.0 Å². The van der Waals surface area contributed by atoms with Crippen LogP contribution < -0.4 is 0 Å². The maximum atomic E-state index is 13.0. The van der Waals surface area contributed by atoms with Crippen molar-refractivity contribution in [3.8, 4) is 0 Å². The predicted octanol–water partition coefficient (Wildman–Crippen LogP) is 4.45. The Morgan fingerprint density at radius 2 is 2.00 bits per heavy atom. The van der Waals surface area contributed by atoms with Gasteiger partial charge in [-0.15, -0.1) is 11.8 Å². The summed E-state index contributed by atoms with van der Waals surface area (Å²) in [7, 11) is 0. The van der Waals surface area contributed by atoms with Crippen molar-refractivity contribution in [1.29, 1.82) is 0 Å². The first-order valence-electron chi connectivity index (χ1n) is 6.28. The topological polar surface area (TPSA) is 17.8 Å². The van der Waals surface area contributed by atoms with E-state index in [4.69, 9.17) is 0 Å². The van der Waals surface area contributed by atoms with Crippen LogP contribution in [-0.2, 0) is 5.75 Å². The van der Waals surface area contributed by atoms with E-state index in [9.17, 15) is 8.78 Å². The van der Waals surface area contributed by atoms with Crippen molar-refractivity contribution < 1.29 is 8.78 Å². The second-order valence-corrected chi connectivity index (χ2v) is 5.68. The number of halogens is 2. The summed E-state index contributed by atoms with van der Waals surface area (Å²) in [5, 5.41) is 4.03. The van der Waals surface area contributed by atoms with E-state index in [2.05, 4.69) is 5.10 Å². The van der Waals surface area contributed by atoms with Gasteiger partial charge >= 0.3 is 0 Å². The fourth-order valence-electron chi connectivity index (χ4n) is 1.91. The van der Waals surface area contributed by atoms with Gasteiger partial charge in [0.15, 0.2) is 0 Å². The van der Waals surface area contributed by atoms with E-state index >= 15 is 0 Å². The van der Waals surface area contributed by atoms with Crippen LogP contribution in [0.1, 0.15) is 36.6 Å². The van der Waals surface area contributed by atoms with Gasteiger partial charge in [0.1, 0.15) is 5.69 Å². The number of nitrogens with zero attached hydrogens (tertiary/aromatic N) is 2. The van der Waals surface area contributed by atoms with Crippen molar-refractivity contribution in [2.24, 2.45) is 0 Å². The molecular weight excluding hydrogens is 266 g/mol. The second-order valence-electron chi connectivity index (χ2n) is 4.66. The van der Waals surface area contributed by atoms with E-state index in [0.717, 1.165) is 18.4 Å². The number of benzene rings is 1. The predicted molar refractivity (Wildman–Crippen MR) is 71.5 cm³/mol. The highest BCUT2D eigenvalue weighted by atomic mass is 32.2. The summed E-state index contributed by atoms with van der Waals surface area (Å²) in [5.74, 6) is 0.691. The molecule has 100 valence electrons. The fourth-order valence-corrected chi connectivity index (χ4v) is 2.89.